The van der Waals surface area contributed by atoms with Gasteiger partial charge in [0.05, 0.1) is 17.5 Å². The minimum atomic E-state index is -0.328. The van der Waals surface area contributed by atoms with E-state index in [0.29, 0.717) is 19.6 Å². The molecule has 0 saturated carbocycles. The van der Waals surface area contributed by atoms with Crippen LogP contribution in [-0.4, -0.2) is 84.3 Å². The van der Waals surface area contributed by atoms with Gasteiger partial charge in [-0.2, -0.15) is 0 Å². The molecule has 2 saturated heterocycles. The second kappa shape index (κ2) is 13.8. The van der Waals surface area contributed by atoms with E-state index >= 15 is 0 Å². The van der Waals surface area contributed by atoms with Gasteiger partial charge in [0.1, 0.15) is 0 Å². The van der Waals surface area contributed by atoms with Gasteiger partial charge in [0, 0.05) is 39.3 Å². The number of rotatable bonds is 6. The molecule has 2 heterocycles. The number of urea groups is 1. The van der Waals surface area contributed by atoms with Crippen LogP contribution in [-0.2, 0) is 0 Å². The lowest BCUT2D eigenvalue weighted by Gasteiger charge is -2.38. The Morgan fingerprint density at radius 3 is 1.67 bits per heavy atom. The van der Waals surface area contributed by atoms with E-state index in [1.165, 1.54) is 19.3 Å². The van der Waals surface area contributed by atoms with E-state index in [1.807, 2.05) is 65.6 Å². The van der Waals surface area contributed by atoms with Crippen molar-refractivity contribution in [1.29, 1.82) is 0 Å². The number of piperidine rings is 1. The first-order valence-corrected chi connectivity index (χ1v) is 11.5. The molecule has 2 aromatic rings. The highest BCUT2D eigenvalue weighted by Gasteiger charge is 2.28. The van der Waals surface area contributed by atoms with Crippen molar-refractivity contribution in [2.75, 3.05) is 57.3 Å². The number of piperazine rings is 1. The molecule has 182 valence electrons. The van der Waals surface area contributed by atoms with Gasteiger partial charge < -0.3 is 14.9 Å². The maximum absolute atomic E-state index is 13.5. The number of β-amino-alcohol motifs (C(OH)–C–C–N with tert-alkyl or cyclic N) is 1. The van der Waals surface area contributed by atoms with Crippen LogP contribution < -0.4 is 4.90 Å². The lowest BCUT2D eigenvalue weighted by Crippen LogP contribution is -2.54. The van der Waals surface area contributed by atoms with Crippen LogP contribution in [0.15, 0.2) is 60.7 Å². The number of aliphatic hydroxyl groups is 1. The molecule has 4 rings (SSSR count). The van der Waals surface area contributed by atoms with E-state index in [0.717, 1.165) is 44.1 Å². The fraction of sp³-hybridized carbons (Fsp3) is 0.480. The van der Waals surface area contributed by atoms with Gasteiger partial charge in [-0.15, -0.1) is 24.8 Å². The summed E-state index contributed by atoms with van der Waals surface area (Å²) in [6.45, 7) is 6.58. The number of para-hydroxylation sites is 2. The molecule has 2 fully saturated rings. The first-order chi connectivity index (χ1) is 15.2. The number of benzene rings is 2. The maximum atomic E-state index is 13.5. The molecule has 0 aliphatic carbocycles. The molecule has 1 unspecified atom stereocenters. The summed E-state index contributed by atoms with van der Waals surface area (Å²) in [6, 6.07) is 19.6. The molecule has 8 heteroatoms. The smallest absolute Gasteiger partial charge is 0.329 e. The van der Waals surface area contributed by atoms with E-state index in [-0.39, 0.29) is 36.9 Å². The summed E-state index contributed by atoms with van der Waals surface area (Å²) in [5, 5.41) is 10.5. The fourth-order valence-electron chi connectivity index (χ4n) is 4.58. The number of halogens is 2. The number of likely N-dealkylation sites (tertiary alicyclic amines) is 1. The molecule has 2 aliphatic heterocycles. The highest BCUT2D eigenvalue weighted by atomic mass is 35.5. The summed E-state index contributed by atoms with van der Waals surface area (Å²) in [5.41, 5.74) is 1.75. The lowest BCUT2D eigenvalue weighted by atomic mass is 10.1. The average molecular weight is 495 g/mol. The van der Waals surface area contributed by atoms with Gasteiger partial charge in [0.15, 0.2) is 0 Å². The predicted molar refractivity (Wildman–Crippen MR) is 139 cm³/mol. The van der Waals surface area contributed by atoms with E-state index in [9.17, 15) is 9.90 Å². The van der Waals surface area contributed by atoms with Gasteiger partial charge in [-0.05, 0) is 50.2 Å². The molecule has 2 aliphatic rings. The third-order valence-electron chi connectivity index (χ3n) is 6.25. The Morgan fingerprint density at radius 1 is 0.727 bits per heavy atom. The highest BCUT2D eigenvalue weighted by Crippen LogP contribution is 2.27. The molecule has 0 bridgehead atoms. The molecule has 33 heavy (non-hydrogen) atoms. The van der Waals surface area contributed by atoms with Crippen LogP contribution in [0, 0.1) is 0 Å². The summed E-state index contributed by atoms with van der Waals surface area (Å²) in [5.74, 6) is 0. The quantitative estimate of drug-likeness (QED) is 0.651. The molecule has 0 aromatic heterocycles. The number of hydrogen-bond acceptors (Lipinski definition) is 4. The third kappa shape index (κ3) is 7.59. The average Bonchev–Trinajstić information content (AvgIpc) is 2.82. The van der Waals surface area contributed by atoms with Crippen LogP contribution in [0.5, 0.6) is 0 Å². The summed E-state index contributed by atoms with van der Waals surface area (Å²) < 4.78 is 0. The Balaban J connectivity index is 0.00000193. The van der Waals surface area contributed by atoms with E-state index < -0.39 is 0 Å². The van der Waals surface area contributed by atoms with E-state index in [4.69, 9.17) is 0 Å². The van der Waals surface area contributed by atoms with Gasteiger partial charge in [-0.3, -0.25) is 9.80 Å². The van der Waals surface area contributed by atoms with Crippen molar-refractivity contribution in [3.63, 3.8) is 0 Å². The maximum Gasteiger partial charge on any atom is 0.329 e. The molecular formula is C25H36Cl2N4O2. The van der Waals surface area contributed by atoms with Crippen LogP contribution >= 0.6 is 24.8 Å². The number of carbonyl (C=O) groups is 1. The molecular weight excluding hydrogens is 459 g/mol. The molecule has 1 atom stereocenters. The van der Waals surface area contributed by atoms with Crippen molar-refractivity contribution in [2.45, 2.75) is 25.4 Å². The van der Waals surface area contributed by atoms with Crippen LogP contribution in [0.2, 0.25) is 0 Å². The summed E-state index contributed by atoms with van der Waals surface area (Å²) >= 11 is 0. The standard InChI is InChI=1S/C25H34N4O2.2ClH/c30-24(20-26-14-8-3-9-15-26)21-27-16-18-28(19-17-27)25(31)29(22-10-4-1-5-11-22)23-12-6-2-7-13-23;;/h1-2,4-7,10-13,24,30H,3,8-9,14-21H2;2*1H. The fourth-order valence-corrected chi connectivity index (χ4v) is 4.58. The predicted octanol–water partition coefficient (Wildman–Crippen LogP) is 4.25. The Morgan fingerprint density at radius 2 is 1.18 bits per heavy atom. The van der Waals surface area contributed by atoms with Crippen molar-refractivity contribution in [3.05, 3.63) is 60.7 Å². The molecule has 0 radical (unpaired) electrons. The summed E-state index contributed by atoms with van der Waals surface area (Å²) in [4.78, 5) is 21.9. The van der Waals surface area contributed by atoms with Crippen LogP contribution in [0.1, 0.15) is 19.3 Å². The zero-order chi connectivity index (χ0) is 21.5. The molecule has 2 amide bonds. The Kier molecular flexibility index (Phi) is 11.4. The molecule has 1 N–H and O–H groups in total. The van der Waals surface area contributed by atoms with Gasteiger partial charge in [0.25, 0.3) is 0 Å². The minimum Gasteiger partial charge on any atom is -0.390 e. The first-order valence-electron chi connectivity index (χ1n) is 11.5. The number of aliphatic hydroxyl groups excluding tert-OH is 1. The van der Waals surface area contributed by atoms with E-state index in [1.54, 1.807) is 4.90 Å². The number of anilines is 2. The van der Waals surface area contributed by atoms with Gasteiger partial charge in [-0.25, -0.2) is 4.79 Å². The lowest BCUT2D eigenvalue weighted by molar-refractivity contribution is 0.0522. The van der Waals surface area contributed by atoms with Crippen LogP contribution in [0.4, 0.5) is 16.2 Å². The van der Waals surface area contributed by atoms with Crippen molar-refractivity contribution < 1.29 is 9.90 Å². The highest BCUT2D eigenvalue weighted by molar-refractivity contribution is 5.99. The van der Waals surface area contributed by atoms with Crippen LogP contribution in [0.25, 0.3) is 0 Å². The Hall–Kier alpha value is -1.83. The second-order valence-electron chi connectivity index (χ2n) is 8.59. The van der Waals surface area contributed by atoms with Crippen molar-refractivity contribution in [1.82, 2.24) is 14.7 Å². The van der Waals surface area contributed by atoms with Crippen molar-refractivity contribution >= 4 is 42.2 Å². The molecule has 0 spiro atoms. The number of carbonyl (C=O) groups excluding carboxylic acids is 1. The normalized spacial score (nSPS) is 18.0. The monoisotopic (exact) mass is 494 g/mol. The summed E-state index contributed by atoms with van der Waals surface area (Å²) in [7, 11) is 0. The largest absolute Gasteiger partial charge is 0.390 e. The molecule has 2 aromatic carbocycles. The zero-order valence-corrected chi connectivity index (χ0v) is 20.7. The van der Waals surface area contributed by atoms with Gasteiger partial charge >= 0.3 is 6.03 Å². The topological polar surface area (TPSA) is 50.3 Å². The van der Waals surface area contributed by atoms with Gasteiger partial charge in [0.2, 0.25) is 0 Å². The SMILES string of the molecule is Cl.Cl.O=C(N1CCN(CC(O)CN2CCCCC2)CC1)N(c1ccccc1)c1ccccc1. The first kappa shape index (κ1) is 27.4. The van der Waals surface area contributed by atoms with Gasteiger partial charge in [-0.1, -0.05) is 42.8 Å². The summed E-state index contributed by atoms with van der Waals surface area (Å²) in [6.07, 6.45) is 3.47. The Labute approximate surface area is 210 Å². The third-order valence-corrected chi connectivity index (χ3v) is 6.25. The number of amides is 2. The van der Waals surface area contributed by atoms with Crippen molar-refractivity contribution in [3.8, 4) is 0 Å². The Bertz CT molecular complexity index is 774. The molecule has 6 nitrogen and oxygen atoms in total. The van der Waals surface area contributed by atoms with E-state index in [2.05, 4.69) is 9.80 Å². The second-order valence-corrected chi connectivity index (χ2v) is 8.59. The zero-order valence-electron chi connectivity index (χ0n) is 19.1. The number of nitrogens with zero attached hydrogens (tertiary/aromatic N) is 4. The van der Waals surface area contributed by atoms with Crippen molar-refractivity contribution in [2.24, 2.45) is 0 Å². The minimum absolute atomic E-state index is 0. The van der Waals surface area contributed by atoms with Crippen LogP contribution in [0.3, 0.4) is 0 Å². The number of hydrogen-bond donors (Lipinski definition) is 1.